The zero-order chi connectivity index (χ0) is 20.5. The van der Waals surface area contributed by atoms with Crippen molar-refractivity contribution in [3.05, 3.63) is 53.4 Å². The summed E-state index contributed by atoms with van der Waals surface area (Å²) in [5.41, 5.74) is 2.07. The Morgan fingerprint density at radius 3 is 2.43 bits per heavy atom. The van der Waals surface area contributed by atoms with E-state index in [0.717, 1.165) is 17.0 Å². The van der Waals surface area contributed by atoms with Gasteiger partial charge >= 0.3 is 6.36 Å². The molecule has 0 aliphatic carbocycles. The summed E-state index contributed by atoms with van der Waals surface area (Å²) in [7, 11) is 0. The van der Waals surface area contributed by atoms with Gasteiger partial charge in [-0.3, -0.25) is 10.1 Å². The predicted molar refractivity (Wildman–Crippen MR) is 98.7 cm³/mol. The van der Waals surface area contributed by atoms with Crippen LogP contribution in [0, 0.1) is 6.92 Å². The molecule has 1 aromatic heterocycles. The highest BCUT2D eigenvalue weighted by molar-refractivity contribution is 5.86. The third kappa shape index (κ3) is 4.72. The summed E-state index contributed by atoms with van der Waals surface area (Å²) in [5, 5.41) is 17.3. The average molecular weight is 394 g/mol. The summed E-state index contributed by atoms with van der Waals surface area (Å²) in [6, 6.07) is 5.61. The minimum absolute atomic E-state index is 0.256. The van der Waals surface area contributed by atoms with Crippen LogP contribution in [0.5, 0.6) is 5.75 Å². The standard InChI is InChI=1S/C19H21F3N4O2/c1-12-15(10-24-25-12)17-23-9-8-16(26(17)11-18(2,3)27)13-4-6-14(7-5-13)28-19(20,21)22/h4-10,17,27H,11H2,1-3H3,(H,24,25). The van der Waals surface area contributed by atoms with Crippen molar-refractivity contribution in [2.24, 2.45) is 4.99 Å². The topological polar surface area (TPSA) is 73.7 Å². The van der Waals surface area contributed by atoms with E-state index in [-0.39, 0.29) is 12.3 Å². The number of rotatable bonds is 5. The van der Waals surface area contributed by atoms with Gasteiger partial charge in [0.05, 0.1) is 11.8 Å². The molecular formula is C19H21F3N4O2. The Morgan fingerprint density at radius 2 is 1.89 bits per heavy atom. The number of nitrogens with one attached hydrogen (secondary N) is 1. The fraction of sp³-hybridized carbons (Fsp3) is 0.368. The second-order valence-electron chi connectivity index (χ2n) is 7.19. The molecule has 1 aliphatic heterocycles. The highest BCUT2D eigenvalue weighted by Gasteiger charge is 2.32. The Balaban J connectivity index is 1.94. The zero-order valence-electron chi connectivity index (χ0n) is 15.7. The van der Waals surface area contributed by atoms with E-state index in [1.165, 1.54) is 12.1 Å². The maximum Gasteiger partial charge on any atom is 0.573 e. The van der Waals surface area contributed by atoms with Crippen molar-refractivity contribution < 1.29 is 23.0 Å². The molecule has 3 rings (SSSR count). The fourth-order valence-electron chi connectivity index (χ4n) is 3.05. The lowest BCUT2D eigenvalue weighted by molar-refractivity contribution is -0.274. The van der Waals surface area contributed by atoms with E-state index in [0.29, 0.717) is 5.56 Å². The van der Waals surface area contributed by atoms with Gasteiger partial charge in [0.1, 0.15) is 5.75 Å². The number of aromatic nitrogens is 2. The number of aliphatic hydroxyl groups is 1. The van der Waals surface area contributed by atoms with E-state index < -0.39 is 18.1 Å². The number of aliphatic imine (C=N–C) groups is 1. The quantitative estimate of drug-likeness (QED) is 0.809. The second-order valence-corrected chi connectivity index (χ2v) is 7.19. The third-order valence-corrected chi connectivity index (χ3v) is 4.15. The minimum atomic E-state index is -4.74. The van der Waals surface area contributed by atoms with Gasteiger partial charge in [0.25, 0.3) is 0 Å². The molecule has 1 aliphatic rings. The molecule has 0 fully saturated rings. The van der Waals surface area contributed by atoms with Gasteiger partial charge in [-0.05, 0) is 56.7 Å². The van der Waals surface area contributed by atoms with Crippen LogP contribution in [0.3, 0.4) is 0 Å². The molecule has 0 amide bonds. The lowest BCUT2D eigenvalue weighted by Crippen LogP contribution is -2.40. The smallest absolute Gasteiger partial charge is 0.406 e. The molecule has 28 heavy (non-hydrogen) atoms. The third-order valence-electron chi connectivity index (χ3n) is 4.15. The summed E-state index contributed by atoms with van der Waals surface area (Å²) >= 11 is 0. The van der Waals surface area contributed by atoms with Gasteiger partial charge in [-0.2, -0.15) is 5.10 Å². The number of hydrogen-bond acceptors (Lipinski definition) is 5. The molecule has 150 valence electrons. The molecule has 6 nitrogen and oxygen atoms in total. The van der Waals surface area contributed by atoms with E-state index in [1.54, 1.807) is 44.5 Å². The van der Waals surface area contributed by atoms with Gasteiger partial charge in [-0.25, -0.2) is 0 Å². The first-order valence-corrected chi connectivity index (χ1v) is 8.62. The van der Waals surface area contributed by atoms with Crippen LogP contribution in [0.1, 0.15) is 36.8 Å². The zero-order valence-corrected chi connectivity index (χ0v) is 15.7. The number of aromatic amines is 1. The molecule has 1 unspecified atom stereocenters. The molecule has 1 aromatic carbocycles. The number of aryl methyl sites for hydroxylation is 1. The van der Waals surface area contributed by atoms with Crippen molar-refractivity contribution in [2.75, 3.05) is 6.54 Å². The molecule has 2 heterocycles. The van der Waals surface area contributed by atoms with Crippen LogP contribution < -0.4 is 4.74 Å². The number of hydrogen-bond donors (Lipinski definition) is 2. The van der Waals surface area contributed by atoms with E-state index in [9.17, 15) is 18.3 Å². The molecule has 0 saturated carbocycles. The summed E-state index contributed by atoms with van der Waals surface area (Å²) in [4.78, 5) is 6.42. The van der Waals surface area contributed by atoms with E-state index in [4.69, 9.17) is 0 Å². The SMILES string of the molecule is Cc1[nH]ncc1C1N=CC=C(c2ccc(OC(F)(F)F)cc2)N1CC(C)(C)O. The molecule has 2 N–H and O–H groups in total. The lowest BCUT2D eigenvalue weighted by Gasteiger charge is -2.38. The largest absolute Gasteiger partial charge is 0.573 e. The summed E-state index contributed by atoms with van der Waals surface area (Å²) in [6.45, 7) is 5.50. The van der Waals surface area contributed by atoms with Gasteiger partial charge in [0, 0.05) is 29.7 Å². The van der Waals surface area contributed by atoms with Gasteiger partial charge in [0.2, 0.25) is 0 Å². The van der Waals surface area contributed by atoms with Crippen molar-refractivity contribution in [1.29, 1.82) is 0 Å². The summed E-state index contributed by atoms with van der Waals surface area (Å²) in [5.74, 6) is -0.294. The van der Waals surface area contributed by atoms with E-state index in [1.807, 2.05) is 11.8 Å². The van der Waals surface area contributed by atoms with E-state index >= 15 is 0 Å². The van der Waals surface area contributed by atoms with Crippen LogP contribution >= 0.6 is 0 Å². The van der Waals surface area contributed by atoms with Gasteiger partial charge < -0.3 is 14.7 Å². The first-order valence-electron chi connectivity index (χ1n) is 8.62. The van der Waals surface area contributed by atoms with Crippen LogP contribution in [0.2, 0.25) is 0 Å². The molecule has 0 saturated heterocycles. The summed E-state index contributed by atoms with van der Waals surface area (Å²) < 4.78 is 41.1. The Kier molecular flexibility index (Phi) is 5.20. The van der Waals surface area contributed by atoms with Crippen LogP contribution in [0.4, 0.5) is 13.2 Å². The Labute approximate surface area is 160 Å². The first kappa shape index (κ1) is 19.9. The molecule has 2 aromatic rings. The molecule has 0 spiro atoms. The van der Waals surface area contributed by atoms with Crippen LogP contribution in [-0.2, 0) is 0 Å². The van der Waals surface area contributed by atoms with Gasteiger partial charge in [0.15, 0.2) is 6.17 Å². The van der Waals surface area contributed by atoms with Crippen molar-refractivity contribution >= 4 is 11.9 Å². The number of alkyl halides is 3. The van der Waals surface area contributed by atoms with Crippen LogP contribution in [0.25, 0.3) is 5.70 Å². The Hall–Kier alpha value is -2.81. The number of halogens is 3. The van der Waals surface area contributed by atoms with Crippen molar-refractivity contribution in [2.45, 2.75) is 38.9 Å². The maximum absolute atomic E-state index is 12.4. The number of ether oxygens (including phenoxy) is 1. The second kappa shape index (κ2) is 7.31. The first-order chi connectivity index (χ1) is 13.0. The van der Waals surface area contributed by atoms with Crippen LogP contribution in [-0.4, -0.2) is 44.9 Å². The normalized spacial score (nSPS) is 17.6. The fourth-order valence-corrected chi connectivity index (χ4v) is 3.05. The molecular weight excluding hydrogens is 373 g/mol. The van der Waals surface area contributed by atoms with Gasteiger partial charge in [-0.1, -0.05) is 0 Å². The Morgan fingerprint density at radius 1 is 1.21 bits per heavy atom. The number of allylic oxidation sites excluding steroid dienone is 1. The number of benzene rings is 1. The Bertz CT molecular complexity index is 880. The lowest BCUT2D eigenvalue weighted by atomic mass is 10.0. The predicted octanol–water partition coefficient (Wildman–Crippen LogP) is 3.81. The molecule has 1 atom stereocenters. The van der Waals surface area contributed by atoms with Crippen molar-refractivity contribution in [3.8, 4) is 5.75 Å². The van der Waals surface area contributed by atoms with Crippen LogP contribution in [0.15, 0.2) is 41.5 Å². The number of β-amino-alcohol motifs (C(OH)–C–C–N with tert-alkyl or cyclic N) is 1. The molecule has 0 bridgehead atoms. The summed E-state index contributed by atoms with van der Waals surface area (Å²) in [6.07, 6.45) is -0.0751. The van der Waals surface area contributed by atoms with Crippen molar-refractivity contribution in [3.63, 3.8) is 0 Å². The number of H-pyrrole nitrogens is 1. The maximum atomic E-state index is 12.4. The number of nitrogens with zero attached hydrogens (tertiary/aromatic N) is 3. The highest BCUT2D eigenvalue weighted by Crippen LogP contribution is 2.36. The van der Waals surface area contributed by atoms with Gasteiger partial charge in [-0.15, -0.1) is 13.2 Å². The minimum Gasteiger partial charge on any atom is -0.406 e. The van der Waals surface area contributed by atoms with Crippen molar-refractivity contribution in [1.82, 2.24) is 15.1 Å². The molecule has 0 radical (unpaired) electrons. The molecule has 9 heteroatoms. The highest BCUT2D eigenvalue weighted by atomic mass is 19.4. The van der Waals surface area contributed by atoms with E-state index in [2.05, 4.69) is 19.9 Å². The monoisotopic (exact) mass is 394 g/mol. The average Bonchev–Trinajstić information content (AvgIpc) is 2.99.